The van der Waals surface area contributed by atoms with Gasteiger partial charge in [0, 0.05) is 0 Å². The van der Waals surface area contributed by atoms with Gasteiger partial charge in [-0.1, -0.05) is 0 Å². The van der Waals surface area contributed by atoms with Crippen LogP contribution in [0.5, 0.6) is 0 Å². The number of hydrogen-bond acceptors (Lipinski definition) is 3. The molecule has 0 saturated carbocycles. The second kappa shape index (κ2) is 3.37. The van der Waals surface area contributed by atoms with E-state index < -0.39 is 29.6 Å². The van der Waals surface area contributed by atoms with Crippen molar-refractivity contribution in [3.8, 4) is 0 Å². The molecule has 0 aliphatic heterocycles. The van der Waals surface area contributed by atoms with E-state index in [0.29, 0.717) is 0 Å². The minimum absolute atomic E-state index is 1.09. The van der Waals surface area contributed by atoms with Crippen molar-refractivity contribution >= 4 is 10.4 Å². The maximum Gasteiger partial charge on any atom is 0.397 e. The summed E-state index contributed by atoms with van der Waals surface area (Å²) in [5.74, 6) is 0. The first kappa shape index (κ1) is 10.7. The van der Waals surface area contributed by atoms with Gasteiger partial charge in [-0.15, -0.1) is 0 Å². The van der Waals surface area contributed by atoms with Crippen molar-refractivity contribution < 1.29 is 30.3 Å². The molecule has 0 atom stereocenters. The van der Waals surface area contributed by atoms with Crippen LogP contribution in [0.1, 0.15) is 6.42 Å². The van der Waals surface area contributed by atoms with Crippen LogP contribution >= 0.6 is 0 Å². The highest BCUT2D eigenvalue weighted by atomic mass is 32.3. The molecule has 0 aromatic rings. The highest BCUT2D eigenvalue weighted by molar-refractivity contribution is 7.80. The van der Waals surface area contributed by atoms with Gasteiger partial charge in [0.2, 0.25) is 0 Å². The molecule has 0 rings (SSSR count). The van der Waals surface area contributed by atoms with Crippen LogP contribution in [0.15, 0.2) is 0 Å². The maximum absolute atomic E-state index is 11.3. The van der Waals surface area contributed by atoms with Crippen molar-refractivity contribution in [3.63, 3.8) is 0 Å². The lowest BCUT2D eigenvalue weighted by Crippen LogP contribution is -2.14. The summed E-state index contributed by atoms with van der Waals surface area (Å²) >= 11 is 0. The van der Waals surface area contributed by atoms with E-state index in [2.05, 4.69) is 4.18 Å². The number of halogens is 3. The van der Waals surface area contributed by atoms with Crippen LogP contribution in [0, 0.1) is 0 Å². The van der Waals surface area contributed by atoms with Gasteiger partial charge in [0.1, 0.15) is 0 Å². The Balaban J connectivity index is 3.61. The first-order chi connectivity index (χ1) is 4.71. The highest BCUT2D eigenvalue weighted by Crippen LogP contribution is 2.19. The third-order valence-electron chi connectivity index (χ3n) is 0.618. The largest absolute Gasteiger partial charge is 0.397 e. The second-order valence-electron chi connectivity index (χ2n) is 1.61. The molecule has 1 N–H and O–H groups in total. The maximum atomic E-state index is 11.3. The Morgan fingerprint density at radius 3 is 2.09 bits per heavy atom. The lowest BCUT2D eigenvalue weighted by molar-refractivity contribution is -0.139. The molecule has 0 aromatic heterocycles. The molecule has 0 radical (unpaired) electrons. The van der Waals surface area contributed by atoms with Crippen LogP contribution in [0.4, 0.5) is 13.2 Å². The molecule has 0 bridgehead atoms. The van der Waals surface area contributed by atoms with Crippen molar-refractivity contribution in [2.45, 2.75) is 12.6 Å². The molecule has 0 aliphatic carbocycles. The fourth-order valence-electron chi connectivity index (χ4n) is 0.263. The molecule has 0 amide bonds. The summed E-state index contributed by atoms with van der Waals surface area (Å²) in [6.45, 7) is -1.09. The molecular formula is C3H5F3O4S. The SMILES string of the molecule is O=S(=O)(O)OCCC(F)(F)F. The summed E-state index contributed by atoms with van der Waals surface area (Å²) in [7, 11) is -4.75. The fraction of sp³-hybridized carbons (Fsp3) is 1.00. The minimum Gasteiger partial charge on any atom is -0.264 e. The van der Waals surface area contributed by atoms with Crippen molar-refractivity contribution in [1.29, 1.82) is 0 Å². The Morgan fingerprint density at radius 1 is 1.36 bits per heavy atom. The lowest BCUT2D eigenvalue weighted by atomic mass is 10.5. The van der Waals surface area contributed by atoms with Gasteiger partial charge in [-0.05, 0) is 0 Å². The molecule has 0 unspecified atom stereocenters. The van der Waals surface area contributed by atoms with Crippen LogP contribution in [0.3, 0.4) is 0 Å². The van der Waals surface area contributed by atoms with E-state index in [9.17, 15) is 21.6 Å². The molecule has 11 heavy (non-hydrogen) atoms. The van der Waals surface area contributed by atoms with Crippen LogP contribution < -0.4 is 0 Å². The molecule has 0 aromatic carbocycles. The molecule has 0 heterocycles. The van der Waals surface area contributed by atoms with E-state index in [1.54, 1.807) is 0 Å². The average Bonchev–Trinajstić information content (AvgIpc) is 1.55. The first-order valence-corrected chi connectivity index (χ1v) is 3.76. The van der Waals surface area contributed by atoms with Gasteiger partial charge in [-0.25, -0.2) is 4.18 Å². The Labute approximate surface area is 60.9 Å². The zero-order valence-corrected chi connectivity index (χ0v) is 5.94. The third kappa shape index (κ3) is 9.66. The summed E-state index contributed by atoms with van der Waals surface area (Å²) in [6, 6.07) is 0. The quantitative estimate of drug-likeness (QED) is 0.673. The van der Waals surface area contributed by atoms with Crippen molar-refractivity contribution in [3.05, 3.63) is 0 Å². The van der Waals surface area contributed by atoms with E-state index in [0.717, 1.165) is 0 Å². The monoisotopic (exact) mass is 194 g/mol. The first-order valence-electron chi connectivity index (χ1n) is 2.39. The summed E-state index contributed by atoms with van der Waals surface area (Å²) in [4.78, 5) is 0. The normalized spacial score (nSPS) is 13.5. The molecule has 4 nitrogen and oxygen atoms in total. The molecule has 0 fully saturated rings. The summed E-state index contributed by atoms with van der Waals surface area (Å²) in [6.07, 6.45) is -5.89. The molecule has 0 saturated heterocycles. The fourth-order valence-corrected chi connectivity index (χ4v) is 0.557. The van der Waals surface area contributed by atoms with Crippen LogP contribution in [0.25, 0.3) is 0 Å². The number of rotatable bonds is 3. The van der Waals surface area contributed by atoms with Gasteiger partial charge in [-0.3, -0.25) is 4.55 Å². The summed E-state index contributed by atoms with van der Waals surface area (Å²) in [5.41, 5.74) is 0. The van der Waals surface area contributed by atoms with E-state index in [4.69, 9.17) is 4.55 Å². The lowest BCUT2D eigenvalue weighted by Gasteiger charge is -2.03. The molecule has 0 spiro atoms. The van der Waals surface area contributed by atoms with Crippen LogP contribution in [0.2, 0.25) is 0 Å². The number of alkyl halides is 3. The van der Waals surface area contributed by atoms with Crippen molar-refractivity contribution in [2.24, 2.45) is 0 Å². The van der Waals surface area contributed by atoms with Crippen molar-refractivity contribution in [1.82, 2.24) is 0 Å². The van der Waals surface area contributed by atoms with Gasteiger partial charge in [0.25, 0.3) is 0 Å². The Morgan fingerprint density at radius 2 is 1.82 bits per heavy atom. The van der Waals surface area contributed by atoms with Crippen LogP contribution in [-0.4, -0.2) is 25.8 Å². The molecule has 0 aliphatic rings. The average molecular weight is 194 g/mol. The van der Waals surface area contributed by atoms with E-state index in [1.807, 2.05) is 0 Å². The van der Waals surface area contributed by atoms with Crippen LogP contribution in [-0.2, 0) is 14.6 Å². The zero-order chi connectivity index (χ0) is 9.12. The van der Waals surface area contributed by atoms with Gasteiger partial charge >= 0.3 is 16.6 Å². The van der Waals surface area contributed by atoms with E-state index >= 15 is 0 Å². The zero-order valence-electron chi connectivity index (χ0n) is 5.13. The van der Waals surface area contributed by atoms with Gasteiger partial charge in [0.05, 0.1) is 13.0 Å². The predicted octanol–water partition coefficient (Wildman–Crippen LogP) is 0.758. The smallest absolute Gasteiger partial charge is 0.264 e. The predicted molar refractivity (Wildman–Crippen MR) is 28.2 cm³/mol. The highest BCUT2D eigenvalue weighted by Gasteiger charge is 2.27. The summed E-state index contributed by atoms with van der Waals surface area (Å²) in [5, 5.41) is 0. The van der Waals surface area contributed by atoms with Gasteiger partial charge in [-0.2, -0.15) is 21.6 Å². The second-order valence-corrected chi connectivity index (χ2v) is 2.71. The van der Waals surface area contributed by atoms with E-state index in [1.165, 1.54) is 0 Å². The molecule has 8 heteroatoms. The Hall–Kier alpha value is -0.340. The van der Waals surface area contributed by atoms with E-state index in [-0.39, 0.29) is 0 Å². The molecule has 68 valence electrons. The van der Waals surface area contributed by atoms with Crippen molar-refractivity contribution in [2.75, 3.05) is 6.61 Å². The van der Waals surface area contributed by atoms with Gasteiger partial charge < -0.3 is 0 Å². The molecular weight excluding hydrogens is 189 g/mol. The van der Waals surface area contributed by atoms with Gasteiger partial charge in [0.15, 0.2) is 0 Å². The minimum atomic E-state index is -4.75. The standard InChI is InChI=1S/C3H5F3O4S/c4-3(5,6)1-2-10-11(7,8)9/h1-2H2,(H,7,8,9). The Bertz CT molecular complexity index is 205. The summed E-state index contributed by atoms with van der Waals surface area (Å²) < 4.78 is 64.4. The number of hydrogen-bond donors (Lipinski definition) is 1. The third-order valence-corrected chi connectivity index (χ3v) is 1.08. The Kier molecular flexibility index (Phi) is 3.27. The topological polar surface area (TPSA) is 63.6 Å².